The molecule has 0 spiro atoms. The van der Waals surface area contributed by atoms with Crippen LogP contribution in [-0.4, -0.2) is 81.2 Å². The zero-order valence-corrected chi connectivity index (χ0v) is 14.4. The van der Waals surface area contributed by atoms with E-state index >= 15 is 0 Å². The number of piperazine rings is 1. The van der Waals surface area contributed by atoms with Crippen LogP contribution in [0.4, 0.5) is 4.79 Å². The number of amides is 1. The second-order valence-electron chi connectivity index (χ2n) is 6.68. The summed E-state index contributed by atoms with van der Waals surface area (Å²) in [6, 6.07) is -0.121. The molecule has 2 fully saturated rings. The summed E-state index contributed by atoms with van der Waals surface area (Å²) < 4.78 is 33.4. The largest absolute Gasteiger partial charge is 0.444 e. The van der Waals surface area contributed by atoms with E-state index in [4.69, 9.17) is 8.92 Å². The molecule has 1 amide bonds. The maximum atomic E-state index is 12.2. The van der Waals surface area contributed by atoms with E-state index in [1.54, 1.807) is 20.8 Å². The Morgan fingerprint density at radius 3 is 2.32 bits per heavy atom. The van der Waals surface area contributed by atoms with Crippen molar-refractivity contribution in [2.45, 2.75) is 38.6 Å². The Morgan fingerprint density at radius 2 is 1.82 bits per heavy atom. The second kappa shape index (κ2) is 6.31. The first-order valence-electron chi connectivity index (χ1n) is 7.39. The molecule has 0 radical (unpaired) electrons. The van der Waals surface area contributed by atoms with Gasteiger partial charge in [-0.1, -0.05) is 0 Å². The lowest BCUT2D eigenvalue weighted by Crippen LogP contribution is -2.71. The Morgan fingerprint density at radius 1 is 1.23 bits per heavy atom. The van der Waals surface area contributed by atoms with Gasteiger partial charge in [0.1, 0.15) is 5.60 Å². The van der Waals surface area contributed by atoms with Crippen LogP contribution in [0, 0.1) is 0 Å². The van der Waals surface area contributed by atoms with Crippen molar-refractivity contribution in [2.24, 2.45) is 0 Å². The van der Waals surface area contributed by atoms with Gasteiger partial charge in [-0.05, 0) is 20.8 Å². The van der Waals surface area contributed by atoms with Crippen molar-refractivity contribution in [3.05, 3.63) is 0 Å². The zero-order chi connectivity index (χ0) is 16.5. The van der Waals surface area contributed by atoms with Crippen molar-refractivity contribution >= 4 is 16.2 Å². The van der Waals surface area contributed by atoms with Crippen LogP contribution in [-0.2, 0) is 19.0 Å². The quantitative estimate of drug-likeness (QED) is 0.715. The third kappa shape index (κ3) is 4.55. The van der Waals surface area contributed by atoms with Crippen molar-refractivity contribution in [3.63, 3.8) is 0 Å². The molecular formula is C13H25N3O5S. The minimum Gasteiger partial charge on any atom is -0.444 e. The highest BCUT2D eigenvalue weighted by atomic mass is 32.2. The lowest BCUT2D eigenvalue weighted by atomic mass is 10.0. The molecule has 8 nitrogen and oxygen atoms in total. The summed E-state index contributed by atoms with van der Waals surface area (Å²) in [7, 11) is -3.66. The number of nitrogens with one attached hydrogen (secondary N) is 1. The average Bonchev–Trinajstić information content (AvgIpc) is 2.33. The maximum absolute atomic E-state index is 12.2. The molecule has 9 heteroatoms. The Balaban J connectivity index is 2.06. The number of hydrogen-bond acceptors (Lipinski definition) is 7. The van der Waals surface area contributed by atoms with Crippen molar-refractivity contribution in [1.29, 1.82) is 0 Å². The number of hydrogen-bond donors (Lipinski definition) is 1. The summed E-state index contributed by atoms with van der Waals surface area (Å²) >= 11 is 0. The van der Waals surface area contributed by atoms with Crippen molar-refractivity contribution in [1.82, 2.24) is 15.1 Å². The summed E-state index contributed by atoms with van der Waals surface area (Å²) in [5, 5.41) is 3.24. The van der Waals surface area contributed by atoms with E-state index < -0.39 is 28.0 Å². The van der Waals surface area contributed by atoms with Gasteiger partial charge in [-0.3, -0.25) is 9.80 Å². The van der Waals surface area contributed by atoms with Crippen LogP contribution >= 0.6 is 0 Å². The lowest BCUT2D eigenvalue weighted by Gasteiger charge is -2.51. The summed E-state index contributed by atoms with van der Waals surface area (Å²) in [6.07, 6.45) is -0.372. The molecule has 0 saturated carbocycles. The molecule has 2 saturated heterocycles. The molecule has 2 heterocycles. The first-order valence-corrected chi connectivity index (χ1v) is 9.21. The number of rotatable bonds is 3. The summed E-state index contributed by atoms with van der Waals surface area (Å²) in [6.45, 7) is 9.01. The fourth-order valence-corrected chi connectivity index (χ4v) is 3.16. The minimum absolute atomic E-state index is 0.121. The summed E-state index contributed by atoms with van der Waals surface area (Å²) in [4.78, 5) is 15.6. The van der Waals surface area contributed by atoms with Gasteiger partial charge in [-0.25, -0.2) is 8.98 Å². The molecular weight excluding hydrogens is 310 g/mol. The van der Waals surface area contributed by atoms with Gasteiger partial charge < -0.3 is 10.1 Å². The molecule has 2 aliphatic rings. The van der Waals surface area contributed by atoms with Crippen LogP contribution in [0.1, 0.15) is 20.8 Å². The predicted octanol–water partition coefficient (Wildman–Crippen LogP) is -0.187. The van der Waals surface area contributed by atoms with Crippen LogP contribution < -0.4 is 5.32 Å². The van der Waals surface area contributed by atoms with E-state index in [1.807, 2.05) is 0 Å². The average molecular weight is 335 g/mol. The molecule has 0 bridgehead atoms. The fourth-order valence-electron chi connectivity index (χ4n) is 2.57. The second-order valence-corrected chi connectivity index (χ2v) is 8.28. The van der Waals surface area contributed by atoms with Gasteiger partial charge in [0, 0.05) is 32.7 Å². The van der Waals surface area contributed by atoms with Gasteiger partial charge in [0.15, 0.2) is 6.23 Å². The monoisotopic (exact) mass is 335 g/mol. The number of likely N-dealkylation sites (tertiary alicyclic amines) is 1. The zero-order valence-electron chi connectivity index (χ0n) is 13.5. The molecule has 2 atom stereocenters. The molecule has 0 aromatic rings. The standard InChI is InChI=1S/C13H25N3O5S/c1-13(2,3)20-12(17)16-9-10(11(16)21-22(4,18)19)15-7-5-14-6-8-15/h10-11,14H,5-9H2,1-4H3. The normalized spacial score (nSPS) is 27.4. The Kier molecular flexibility index (Phi) is 5.00. The predicted molar refractivity (Wildman–Crippen MR) is 80.9 cm³/mol. The number of carbonyl (C=O) groups excluding carboxylic acids is 1. The van der Waals surface area contributed by atoms with E-state index in [9.17, 15) is 13.2 Å². The molecule has 2 unspecified atom stereocenters. The lowest BCUT2D eigenvalue weighted by molar-refractivity contribution is -0.123. The first kappa shape index (κ1) is 17.5. The van der Waals surface area contributed by atoms with Crippen LogP contribution in [0.15, 0.2) is 0 Å². The molecule has 2 rings (SSSR count). The molecule has 0 aliphatic carbocycles. The number of carbonyl (C=O) groups is 1. The molecule has 1 N–H and O–H groups in total. The van der Waals surface area contributed by atoms with Gasteiger partial charge in [0.2, 0.25) is 0 Å². The SMILES string of the molecule is CC(C)(C)OC(=O)N1CC(N2CCNCC2)C1OS(C)(=O)=O. The van der Waals surface area contributed by atoms with Gasteiger partial charge in [-0.15, -0.1) is 0 Å². The van der Waals surface area contributed by atoms with Crippen LogP contribution in [0.5, 0.6) is 0 Å². The molecule has 0 aromatic heterocycles. The topological polar surface area (TPSA) is 88.2 Å². The van der Waals surface area contributed by atoms with Gasteiger partial charge in [0.25, 0.3) is 10.1 Å². The molecule has 2 aliphatic heterocycles. The van der Waals surface area contributed by atoms with Crippen LogP contribution in [0.25, 0.3) is 0 Å². The molecule has 128 valence electrons. The van der Waals surface area contributed by atoms with Gasteiger partial charge in [-0.2, -0.15) is 8.42 Å². The van der Waals surface area contributed by atoms with Crippen molar-refractivity contribution in [2.75, 3.05) is 39.0 Å². The first-order chi connectivity index (χ1) is 10.1. The van der Waals surface area contributed by atoms with E-state index in [1.165, 1.54) is 4.90 Å². The number of nitrogens with zero attached hydrogens (tertiary/aromatic N) is 2. The minimum atomic E-state index is -3.66. The third-order valence-corrected chi connectivity index (χ3v) is 4.09. The highest BCUT2D eigenvalue weighted by Gasteiger charge is 2.49. The van der Waals surface area contributed by atoms with Gasteiger partial charge >= 0.3 is 6.09 Å². The number of ether oxygens (including phenoxy) is 1. The summed E-state index contributed by atoms with van der Waals surface area (Å²) in [5.41, 5.74) is -0.632. The highest BCUT2D eigenvalue weighted by Crippen LogP contribution is 2.28. The van der Waals surface area contributed by atoms with Crippen molar-refractivity contribution < 1.29 is 22.1 Å². The van der Waals surface area contributed by atoms with Gasteiger partial charge in [0.05, 0.1) is 12.3 Å². The third-order valence-electron chi connectivity index (χ3n) is 3.54. The highest BCUT2D eigenvalue weighted by molar-refractivity contribution is 7.86. The maximum Gasteiger partial charge on any atom is 0.412 e. The Labute approximate surface area is 131 Å². The molecule has 0 aromatic carbocycles. The van der Waals surface area contributed by atoms with E-state index in [-0.39, 0.29) is 6.04 Å². The van der Waals surface area contributed by atoms with Crippen LogP contribution in [0.3, 0.4) is 0 Å². The van der Waals surface area contributed by atoms with E-state index in [0.717, 1.165) is 32.4 Å². The van der Waals surface area contributed by atoms with Crippen molar-refractivity contribution in [3.8, 4) is 0 Å². The smallest absolute Gasteiger partial charge is 0.412 e. The van der Waals surface area contributed by atoms with E-state index in [0.29, 0.717) is 6.54 Å². The van der Waals surface area contributed by atoms with E-state index in [2.05, 4.69) is 10.2 Å². The van der Waals surface area contributed by atoms with Crippen LogP contribution in [0.2, 0.25) is 0 Å². The molecule has 22 heavy (non-hydrogen) atoms. The Bertz CT molecular complexity index is 510. The fraction of sp³-hybridized carbons (Fsp3) is 0.923. The summed E-state index contributed by atoms with van der Waals surface area (Å²) in [5.74, 6) is 0. The Hall–Kier alpha value is -0.900.